The first kappa shape index (κ1) is 18.7. The monoisotopic (exact) mass is 409 g/mol. The lowest BCUT2D eigenvalue weighted by Gasteiger charge is -2.57. The van der Waals surface area contributed by atoms with E-state index in [2.05, 4.69) is 4.90 Å². The summed E-state index contributed by atoms with van der Waals surface area (Å²) in [6, 6.07) is 5.51. The van der Waals surface area contributed by atoms with Crippen LogP contribution in [0.5, 0.6) is 11.5 Å². The fourth-order valence-corrected chi connectivity index (χ4v) is 7.49. The fraction of sp³-hybridized carbons (Fsp3) is 0.680. The highest BCUT2D eigenvalue weighted by Crippen LogP contribution is 2.60. The zero-order chi connectivity index (χ0) is 20.3. The maximum Gasteiger partial charge on any atom is 0.228 e. The van der Waals surface area contributed by atoms with Crippen molar-refractivity contribution in [3.05, 3.63) is 23.8 Å². The molecule has 0 aromatic heterocycles. The van der Waals surface area contributed by atoms with E-state index in [1.54, 1.807) is 0 Å². The van der Waals surface area contributed by atoms with Crippen LogP contribution in [0.25, 0.3) is 0 Å². The Bertz CT molecular complexity index is 835. The topological polar surface area (TPSA) is 55.8 Å². The van der Waals surface area contributed by atoms with Gasteiger partial charge in [-0.1, -0.05) is 0 Å². The Hall–Kier alpha value is -2.04. The zero-order valence-corrected chi connectivity index (χ0v) is 17.6. The molecule has 6 aliphatic rings. The number of fused-ring (bicyclic) bond motifs is 1. The van der Waals surface area contributed by atoms with Crippen LogP contribution < -0.4 is 9.47 Å². The molecule has 4 bridgehead atoms. The number of likely N-dealkylation sites (tertiary alicyclic amines) is 1. The molecule has 5 heteroatoms. The molecule has 1 aromatic rings. The number of nitrogens with zero attached hydrogens (tertiary/aromatic N) is 1. The number of amides is 1. The Kier molecular flexibility index (Phi) is 4.36. The normalized spacial score (nSPS) is 34.8. The molecule has 0 N–H and O–H groups in total. The van der Waals surface area contributed by atoms with E-state index >= 15 is 0 Å². The molecular formula is C25H31NO4. The van der Waals surface area contributed by atoms with E-state index in [4.69, 9.17) is 9.47 Å². The lowest BCUT2D eigenvalue weighted by atomic mass is 9.49. The number of ketones is 1. The standard InChI is InChI=1S/C25H31NO4/c27-23(20-1-2-21-22(12-20)30-8-7-29-21)19-3-5-26(6-4-19)24(28)25-13-16-9-17(14-25)11-18(10-16)15-25/h1-2,12,16-19H,3-11,13-15H2. The van der Waals surface area contributed by atoms with Gasteiger partial charge in [0.25, 0.3) is 0 Å². The second kappa shape index (κ2) is 7.00. The molecule has 2 heterocycles. The van der Waals surface area contributed by atoms with Gasteiger partial charge >= 0.3 is 0 Å². The predicted octanol–water partition coefficient (Wildman–Crippen LogP) is 4.10. The highest BCUT2D eigenvalue weighted by molar-refractivity contribution is 5.98. The van der Waals surface area contributed by atoms with Gasteiger partial charge in [0.1, 0.15) is 13.2 Å². The van der Waals surface area contributed by atoms with Crippen molar-refractivity contribution in [2.45, 2.75) is 51.4 Å². The lowest BCUT2D eigenvalue weighted by Crippen LogP contribution is -2.55. The first-order valence-electron chi connectivity index (χ1n) is 11.8. The number of hydrogen-bond donors (Lipinski definition) is 0. The van der Waals surface area contributed by atoms with Gasteiger partial charge < -0.3 is 14.4 Å². The van der Waals surface area contributed by atoms with Crippen LogP contribution in [0.4, 0.5) is 0 Å². The number of benzene rings is 1. The average molecular weight is 410 g/mol. The van der Waals surface area contributed by atoms with Crippen LogP contribution in [0.15, 0.2) is 18.2 Å². The van der Waals surface area contributed by atoms with Gasteiger partial charge in [-0.25, -0.2) is 0 Å². The van der Waals surface area contributed by atoms with Gasteiger partial charge in [0.15, 0.2) is 17.3 Å². The van der Waals surface area contributed by atoms with Crippen molar-refractivity contribution in [2.24, 2.45) is 29.1 Å². The van der Waals surface area contributed by atoms with E-state index in [0.29, 0.717) is 36.2 Å². The Morgan fingerprint density at radius 3 is 2.10 bits per heavy atom. The van der Waals surface area contributed by atoms with Crippen LogP contribution in [0.3, 0.4) is 0 Å². The largest absolute Gasteiger partial charge is 0.486 e. The Labute approximate surface area is 178 Å². The molecule has 2 aliphatic heterocycles. The minimum atomic E-state index is -0.0680. The van der Waals surface area contributed by atoms with E-state index in [-0.39, 0.29) is 17.1 Å². The molecule has 30 heavy (non-hydrogen) atoms. The van der Waals surface area contributed by atoms with Gasteiger partial charge in [0.2, 0.25) is 5.91 Å². The molecule has 160 valence electrons. The van der Waals surface area contributed by atoms with Gasteiger partial charge in [-0.05, 0) is 87.3 Å². The molecule has 5 fully saturated rings. The summed E-state index contributed by atoms with van der Waals surface area (Å²) in [5.74, 6) is 4.32. The minimum absolute atomic E-state index is 0.00651. The number of carbonyl (C=O) groups is 2. The van der Waals surface area contributed by atoms with Crippen molar-refractivity contribution < 1.29 is 19.1 Å². The molecule has 0 atom stereocenters. The first-order chi connectivity index (χ1) is 14.6. The number of Topliss-reactive ketones (excluding diaryl/α,β-unsaturated/α-hetero) is 1. The molecular weight excluding hydrogens is 378 g/mol. The van der Waals surface area contributed by atoms with Crippen molar-refractivity contribution in [3.63, 3.8) is 0 Å². The molecule has 4 saturated carbocycles. The Balaban J connectivity index is 1.11. The molecule has 0 unspecified atom stereocenters. The van der Waals surface area contributed by atoms with Crippen LogP contribution in [-0.2, 0) is 4.79 Å². The van der Waals surface area contributed by atoms with Crippen LogP contribution in [-0.4, -0.2) is 42.9 Å². The van der Waals surface area contributed by atoms with Crippen molar-refractivity contribution >= 4 is 11.7 Å². The second-order valence-corrected chi connectivity index (χ2v) is 10.5. The summed E-state index contributed by atoms with van der Waals surface area (Å²) in [5.41, 5.74) is 0.631. The third-order valence-corrected chi connectivity index (χ3v) is 8.47. The third kappa shape index (κ3) is 3.04. The maximum atomic E-state index is 13.6. The molecule has 1 amide bonds. The molecule has 0 spiro atoms. The van der Waals surface area contributed by atoms with Crippen LogP contribution >= 0.6 is 0 Å². The summed E-state index contributed by atoms with van der Waals surface area (Å²) in [5, 5.41) is 0. The third-order valence-electron chi connectivity index (χ3n) is 8.47. The van der Waals surface area contributed by atoms with Gasteiger partial charge in [-0.15, -0.1) is 0 Å². The molecule has 5 nitrogen and oxygen atoms in total. The predicted molar refractivity (Wildman–Crippen MR) is 112 cm³/mol. The van der Waals surface area contributed by atoms with Crippen molar-refractivity contribution in [1.29, 1.82) is 0 Å². The fourth-order valence-electron chi connectivity index (χ4n) is 7.49. The number of piperidine rings is 1. The summed E-state index contributed by atoms with van der Waals surface area (Å²) < 4.78 is 11.2. The van der Waals surface area contributed by atoms with Crippen molar-refractivity contribution in [1.82, 2.24) is 4.90 Å². The lowest BCUT2D eigenvalue weighted by molar-refractivity contribution is -0.158. The van der Waals surface area contributed by atoms with Gasteiger partial charge in [-0.3, -0.25) is 9.59 Å². The molecule has 1 saturated heterocycles. The van der Waals surface area contributed by atoms with Crippen molar-refractivity contribution in [3.8, 4) is 11.5 Å². The maximum absolute atomic E-state index is 13.6. The van der Waals surface area contributed by atoms with E-state index in [9.17, 15) is 9.59 Å². The number of hydrogen-bond acceptors (Lipinski definition) is 4. The van der Waals surface area contributed by atoms with Crippen LogP contribution in [0.2, 0.25) is 0 Å². The molecule has 0 radical (unpaired) electrons. The number of ether oxygens (including phenoxy) is 2. The number of rotatable bonds is 3. The summed E-state index contributed by atoms with van der Waals surface area (Å²) in [6.45, 7) is 2.52. The van der Waals surface area contributed by atoms with E-state index in [1.165, 1.54) is 19.3 Å². The van der Waals surface area contributed by atoms with Crippen LogP contribution in [0.1, 0.15) is 61.7 Å². The van der Waals surface area contributed by atoms with Gasteiger partial charge in [0, 0.05) is 24.6 Å². The average Bonchev–Trinajstić information content (AvgIpc) is 2.77. The first-order valence-corrected chi connectivity index (χ1v) is 11.8. The smallest absolute Gasteiger partial charge is 0.228 e. The van der Waals surface area contributed by atoms with E-state index in [0.717, 1.165) is 62.9 Å². The molecule has 7 rings (SSSR count). The zero-order valence-electron chi connectivity index (χ0n) is 17.6. The SMILES string of the molecule is O=C(c1ccc2c(c1)OCCO2)C1CCN(C(=O)C23CC4CC(CC(C4)C2)C3)CC1. The summed E-state index contributed by atoms with van der Waals surface area (Å²) in [4.78, 5) is 28.8. The van der Waals surface area contributed by atoms with E-state index < -0.39 is 0 Å². The summed E-state index contributed by atoms with van der Waals surface area (Å²) >= 11 is 0. The molecule has 1 aromatic carbocycles. The Morgan fingerprint density at radius 2 is 1.47 bits per heavy atom. The van der Waals surface area contributed by atoms with Gasteiger partial charge in [-0.2, -0.15) is 0 Å². The van der Waals surface area contributed by atoms with Crippen LogP contribution in [0, 0.1) is 29.1 Å². The second-order valence-electron chi connectivity index (χ2n) is 10.5. The molecule has 4 aliphatic carbocycles. The highest BCUT2D eigenvalue weighted by Gasteiger charge is 2.55. The van der Waals surface area contributed by atoms with Gasteiger partial charge in [0.05, 0.1) is 5.41 Å². The Morgan fingerprint density at radius 1 is 0.867 bits per heavy atom. The van der Waals surface area contributed by atoms with Crippen molar-refractivity contribution in [2.75, 3.05) is 26.3 Å². The highest BCUT2D eigenvalue weighted by atomic mass is 16.6. The number of carbonyl (C=O) groups excluding carboxylic acids is 2. The quantitative estimate of drug-likeness (QED) is 0.706. The van der Waals surface area contributed by atoms with E-state index in [1.807, 2.05) is 18.2 Å². The summed E-state index contributed by atoms with van der Waals surface area (Å²) in [6.07, 6.45) is 8.97. The minimum Gasteiger partial charge on any atom is -0.486 e. The summed E-state index contributed by atoms with van der Waals surface area (Å²) in [7, 11) is 0.